The fraction of sp³-hybridized carbons (Fsp3) is 0. The van der Waals surface area contributed by atoms with E-state index in [1.54, 1.807) is 11.6 Å². The van der Waals surface area contributed by atoms with Gasteiger partial charge in [-0.1, -0.05) is 40.8 Å². The van der Waals surface area contributed by atoms with Gasteiger partial charge in [-0.05, 0) is 12.1 Å². The second kappa shape index (κ2) is 4.62. The quantitative estimate of drug-likeness (QED) is 0.825. The van der Waals surface area contributed by atoms with Crippen molar-refractivity contribution in [3.05, 3.63) is 34.3 Å². The molecule has 0 unspecified atom stereocenters. The number of rotatable bonds is 2. The van der Waals surface area contributed by atoms with E-state index in [9.17, 15) is 0 Å². The van der Waals surface area contributed by atoms with E-state index >= 15 is 0 Å². The van der Waals surface area contributed by atoms with E-state index in [2.05, 4.69) is 16.3 Å². The first-order valence-corrected chi connectivity index (χ1v) is 6.01. The molecule has 0 aliphatic heterocycles. The second-order valence-corrected chi connectivity index (χ2v) is 5.06. The van der Waals surface area contributed by atoms with E-state index in [1.165, 1.54) is 23.1 Å². The van der Waals surface area contributed by atoms with E-state index in [4.69, 9.17) is 16.9 Å². The molecular weight excluding hydrogens is 250 g/mol. The van der Waals surface area contributed by atoms with Crippen LogP contribution in [-0.4, -0.2) is 10.2 Å². The van der Waals surface area contributed by atoms with E-state index in [1.807, 2.05) is 12.1 Å². The van der Waals surface area contributed by atoms with Gasteiger partial charge in [0.2, 0.25) is 0 Å². The highest BCUT2D eigenvalue weighted by molar-refractivity contribution is 8.01. The normalized spacial score (nSPS) is 9.87. The van der Waals surface area contributed by atoms with Crippen LogP contribution in [0.1, 0.15) is 5.56 Å². The summed E-state index contributed by atoms with van der Waals surface area (Å²) >= 11 is 8.73. The van der Waals surface area contributed by atoms with E-state index in [-0.39, 0.29) is 0 Å². The van der Waals surface area contributed by atoms with Gasteiger partial charge < -0.3 is 0 Å². The summed E-state index contributed by atoms with van der Waals surface area (Å²) in [6.07, 6.45) is 0. The van der Waals surface area contributed by atoms with Crippen LogP contribution in [0.25, 0.3) is 0 Å². The molecule has 0 spiro atoms. The number of nitrogens with zero attached hydrogens (tertiary/aromatic N) is 3. The highest BCUT2D eigenvalue weighted by atomic mass is 35.5. The molecule has 3 nitrogen and oxygen atoms in total. The zero-order valence-corrected chi connectivity index (χ0v) is 9.73. The van der Waals surface area contributed by atoms with Gasteiger partial charge in [0.05, 0.1) is 10.6 Å². The molecule has 1 heterocycles. The van der Waals surface area contributed by atoms with E-state index in [0.29, 0.717) is 10.6 Å². The van der Waals surface area contributed by atoms with Gasteiger partial charge in [-0.2, -0.15) is 5.26 Å². The van der Waals surface area contributed by atoms with Crippen molar-refractivity contribution in [1.29, 1.82) is 5.26 Å². The molecule has 6 heteroatoms. The minimum Gasteiger partial charge on any atom is -0.192 e. The Bertz CT molecular complexity index is 505. The predicted octanol–water partition coefficient (Wildman–Crippen LogP) is 3.21. The van der Waals surface area contributed by atoms with Crippen molar-refractivity contribution in [3.8, 4) is 6.07 Å². The van der Waals surface area contributed by atoms with Crippen molar-refractivity contribution in [1.82, 2.24) is 10.2 Å². The summed E-state index contributed by atoms with van der Waals surface area (Å²) in [6, 6.07) is 7.43. The first-order chi connectivity index (χ1) is 7.31. The number of nitriles is 1. The molecule has 0 saturated carbocycles. The lowest BCUT2D eigenvalue weighted by atomic mass is 10.2. The first kappa shape index (κ1) is 10.4. The van der Waals surface area contributed by atoms with Crippen LogP contribution < -0.4 is 0 Å². The molecule has 0 amide bonds. The fourth-order valence-corrected chi connectivity index (χ4v) is 2.82. The summed E-state index contributed by atoms with van der Waals surface area (Å²) in [5.41, 5.74) is 2.14. The summed E-state index contributed by atoms with van der Waals surface area (Å²) in [4.78, 5) is 0.807. The zero-order chi connectivity index (χ0) is 10.7. The van der Waals surface area contributed by atoms with Gasteiger partial charge in [-0.25, -0.2) is 0 Å². The molecule has 2 aromatic rings. The van der Waals surface area contributed by atoms with Crippen molar-refractivity contribution in [2.75, 3.05) is 0 Å². The Morgan fingerprint density at radius 2 is 2.33 bits per heavy atom. The van der Waals surface area contributed by atoms with Crippen LogP contribution >= 0.6 is 34.7 Å². The van der Waals surface area contributed by atoms with Crippen LogP contribution in [0.2, 0.25) is 5.02 Å². The molecule has 74 valence electrons. The van der Waals surface area contributed by atoms with Crippen molar-refractivity contribution in [3.63, 3.8) is 0 Å². The summed E-state index contributed by atoms with van der Waals surface area (Å²) in [7, 11) is 0. The molecule has 0 fully saturated rings. The Balaban J connectivity index is 2.37. The SMILES string of the molecule is N#Cc1c(Cl)cccc1Sc1nncs1. The molecule has 1 aromatic carbocycles. The lowest BCUT2D eigenvalue weighted by molar-refractivity contribution is 1.01. The lowest BCUT2D eigenvalue weighted by Gasteiger charge is -2.01. The molecule has 0 saturated heterocycles. The Labute approximate surface area is 99.7 Å². The third-order valence-corrected chi connectivity index (χ3v) is 3.78. The van der Waals surface area contributed by atoms with E-state index in [0.717, 1.165) is 9.24 Å². The van der Waals surface area contributed by atoms with Crippen LogP contribution in [0.5, 0.6) is 0 Å². The molecule has 0 bridgehead atoms. The third kappa shape index (κ3) is 2.29. The van der Waals surface area contributed by atoms with Crippen LogP contribution in [0.3, 0.4) is 0 Å². The average molecular weight is 254 g/mol. The standard InChI is InChI=1S/C9H4ClN3S2/c10-7-2-1-3-8(6(7)4-11)15-9-13-12-5-14-9/h1-3,5H. The van der Waals surface area contributed by atoms with Crippen molar-refractivity contribution < 1.29 is 0 Å². The van der Waals surface area contributed by atoms with Crippen LogP contribution in [0.4, 0.5) is 0 Å². The topological polar surface area (TPSA) is 49.6 Å². The monoisotopic (exact) mass is 253 g/mol. The van der Waals surface area contributed by atoms with Crippen LogP contribution in [0, 0.1) is 11.3 Å². The highest BCUT2D eigenvalue weighted by Crippen LogP contribution is 2.33. The number of aromatic nitrogens is 2. The van der Waals surface area contributed by atoms with Crippen molar-refractivity contribution in [2.45, 2.75) is 9.24 Å². The minimum absolute atomic E-state index is 0.465. The molecule has 0 atom stereocenters. The van der Waals surface area contributed by atoms with Gasteiger partial charge in [0.25, 0.3) is 0 Å². The first-order valence-electron chi connectivity index (χ1n) is 3.94. The number of hydrogen-bond donors (Lipinski definition) is 0. The van der Waals surface area contributed by atoms with Crippen molar-refractivity contribution in [2.24, 2.45) is 0 Å². The van der Waals surface area contributed by atoms with Gasteiger partial charge in [0, 0.05) is 4.90 Å². The highest BCUT2D eigenvalue weighted by Gasteiger charge is 2.09. The summed E-state index contributed by atoms with van der Waals surface area (Å²) in [5.74, 6) is 0. The number of benzene rings is 1. The summed E-state index contributed by atoms with van der Waals surface area (Å²) in [5, 5.41) is 17.0. The molecule has 1 aromatic heterocycles. The third-order valence-electron chi connectivity index (χ3n) is 1.62. The predicted molar refractivity (Wildman–Crippen MR) is 60.2 cm³/mol. The fourth-order valence-electron chi connectivity index (χ4n) is 0.999. The smallest absolute Gasteiger partial charge is 0.178 e. The average Bonchev–Trinajstić information content (AvgIpc) is 2.71. The lowest BCUT2D eigenvalue weighted by Crippen LogP contribution is -1.82. The molecule has 0 N–H and O–H groups in total. The number of hydrogen-bond acceptors (Lipinski definition) is 5. The maximum Gasteiger partial charge on any atom is 0.178 e. The Morgan fingerprint density at radius 3 is 3.00 bits per heavy atom. The van der Waals surface area contributed by atoms with Crippen LogP contribution in [0.15, 0.2) is 32.9 Å². The molecular formula is C9H4ClN3S2. The Kier molecular flexibility index (Phi) is 3.21. The largest absolute Gasteiger partial charge is 0.192 e. The van der Waals surface area contributed by atoms with Crippen molar-refractivity contribution >= 4 is 34.7 Å². The molecule has 0 radical (unpaired) electrons. The molecule has 0 aliphatic rings. The number of halogens is 1. The van der Waals surface area contributed by atoms with Gasteiger partial charge in [0.15, 0.2) is 4.34 Å². The van der Waals surface area contributed by atoms with Gasteiger partial charge in [0.1, 0.15) is 11.6 Å². The minimum atomic E-state index is 0.465. The molecule has 15 heavy (non-hydrogen) atoms. The van der Waals surface area contributed by atoms with Crippen LogP contribution in [-0.2, 0) is 0 Å². The maximum absolute atomic E-state index is 8.95. The second-order valence-electron chi connectivity index (χ2n) is 2.53. The van der Waals surface area contributed by atoms with E-state index < -0.39 is 0 Å². The van der Waals surface area contributed by atoms with Gasteiger partial charge in [-0.15, -0.1) is 10.2 Å². The zero-order valence-electron chi connectivity index (χ0n) is 7.35. The molecule has 0 aliphatic carbocycles. The van der Waals surface area contributed by atoms with Gasteiger partial charge in [-0.3, -0.25) is 0 Å². The Hall–Kier alpha value is -1.09. The van der Waals surface area contributed by atoms with Gasteiger partial charge >= 0.3 is 0 Å². The summed E-state index contributed by atoms with van der Waals surface area (Å²) < 4.78 is 0.800. The summed E-state index contributed by atoms with van der Waals surface area (Å²) in [6.45, 7) is 0. The Morgan fingerprint density at radius 1 is 1.47 bits per heavy atom. The molecule has 2 rings (SSSR count). The maximum atomic E-state index is 8.95.